The Hall–Kier alpha value is -3.41. The number of amides is 2. The van der Waals surface area contributed by atoms with E-state index in [0.717, 1.165) is 41.0 Å². The van der Waals surface area contributed by atoms with Crippen molar-refractivity contribution in [2.24, 2.45) is 5.92 Å². The van der Waals surface area contributed by atoms with Crippen molar-refractivity contribution in [3.05, 3.63) is 77.1 Å². The number of para-hydroxylation sites is 1. The van der Waals surface area contributed by atoms with Crippen molar-refractivity contribution >= 4 is 17.5 Å². The highest BCUT2D eigenvalue weighted by molar-refractivity contribution is 6.00. The molecule has 0 saturated carbocycles. The predicted molar refractivity (Wildman–Crippen MR) is 126 cm³/mol. The highest BCUT2D eigenvalue weighted by Gasteiger charge is 2.35. The third-order valence-corrected chi connectivity index (χ3v) is 6.31. The van der Waals surface area contributed by atoms with Gasteiger partial charge in [-0.25, -0.2) is 4.68 Å². The summed E-state index contributed by atoms with van der Waals surface area (Å²) in [5.74, 6) is -0.323. The van der Waals surface area contributed by atoms with Gasteiger partial charge in [0.2, 0.25) is 11.8 Å². The molecule has 1 atom stereocenters. The molecule has 4 rings (SSSR count). The second kappa shape index (κ2) is 9.39. The highest BCUT2D eigenvalue weighted by atomic mass is 16.2. The van der Waals surface area contributed by atoms with Gasteiger partial charge in [-0.2, -0.15) is 5.10 Å². The fourth-order valence-corrected chi connectivity index (χ4v) is 4.23. The Morgan fingerprint density at radius 2 is 1.88 bits per heavy atom. The fraction of sp³-hybridized carbons (Fsp3) is 0.346. The van der Waals surface area contributed by atoms with E-state index in [4.69, 9.17) is 0 Å². The Kier molecular flexibility index (Phi) is 6.40. The minimum Gasteiger partial charge on any atom is -0.356 e. The molecule has 3 aromatic rings. The quantitative estimate of drug-likeness (QED) is 0.578. The van der Waals surface area contributed by atoms with Gasteiger partial charge >= 0.3 is 0 Å². The maximum atomic E-state index is 12.7. The van der Waals surface area contributed by atoms with Gasteiger partial charge in [0.1, 0.15) is 0 Å². The third kappa shape index (κ3) is 4.59. The third-order valence-electron chi connectivity index (χ3n) is 6.31. The first-order valence-electron chi connectivity index (χ1n) is 11.2. The van der Waals surface area contributed by atoms with Crippen LogP contribution in [0.15, 0.2) is 54.7 Å². The number of nitrogens with one attached hydrogen (secondary N) is 1. The van der Waals surface area contributed by atoms with Crippen LogP contribution >= 0.6 is 0 Å². The average molecular weight is 431 g/mol. The van der Waals surface area contributed by atoms with Gasteiger partial charge in [0.25, 0.3) is 0 Å². The van der Waals surface area contributed by atoms with Crippen molar-refractivity contribution in [3.8, 4) is 5.69 Å². The first-order chi connectivity index (χ1) is 15.4. The molecule has 1 aliphatic rings. The topological polar surface area (TPSA) is 67.2 Å². The van der Waals surface area contributed by atoms with Crippen LogP contribution < -0.4 is 10.2 Å². The van der Waals surface area contributed by atoms with Gasteiger partial charge in [-0.3, -0.25) is 9.59 Å². The van der Waals surface area contributed by atoms with Crippen LogP contribution in [0.25, 0.3) is 5.69 Å². The molecule has 1 saturated heterocycles. The Bertz CT molecular complexity index is 1120. The molecule has 1 fully saturated rings. The summed E-state index contributed by atoms with van der Waals surface area (Å²) in [5, 5.41) is 7.63. The smallest absolute Gasteiger partial charge is 0.227 e. The van der Waals surface area contributed by atoms with E-state index in [2.05, 4.69) is 16.6 Å². The fourth-order valence-electron chi connectivity index (χ4n) is 4.23. The number of benzene rings is 2. The zero-order chi connectivity index (χ0) is 22.7. The van der Waals surface area contributed by atoms with Crippen molar-refractivity contribution in [2.75, 3.05) is 18.0 Å². The van der Waals surface area contributed by atoms with Gasteiger partial charge in [-0.15, -0.1) is 0 Å². The second-order valence-electron chi connectivity index (χ2n) is 8.54. The summed E-state index contributed by atoms with van der Waals surface area (Å²) >= 11 is 0. The van der Waals surface area contributed by atoms with Crippen LogP contribution in [0.2, 0.25) is 0 Å². The highest BCUT2D eigenvalue weighted by Crippen LogP contribution is 2.29. The standard InChI is InChI=1S/C26H30N4O2/c1-18-9-7-13-24(19(18)2)29-16-22(15-25(29)31)26(32)27-14-8-10-21-17-30(28-20(21)3)23-11-5-4-6-12-23/h4-7,9,11-13,17,22H,8,10,14-16H2,1-3H3,(H,27,32). The van der Waals surface area contributed by atoms with Gasteiger partial charge < -0.3 is 10.2 Å². The molecule has 0 aliphatic carbocycles. The van der Waals surface area contributed by atoms with Crippen molar-refractivity contribution in [2.45, 2.75) is 40.0 Å². The molecule has 166 valence electrons. The van der Waals surface area contributed by atoms with E-state index in [1.807, 2.05) is 74.0 Å². The lowest BCUT2D eigenvalue weighted by atomic mass is 10.1. The van der Waals surface area contributed by atoms with E-state index in [1.54, 1.807) is 4.90 Å². The van der Waals surface area contributed by atoms with Crippen LogP contribution in [-0.4, -0.2) is 34.7 Å². The Morgan fingerprint density at radius 1 is 1.09 bits per heavy atom. The zero-order valence-electron chi connectivity index (χ0n) is 19.0. The summed E-state index contributed by atoms with van der Waals surface area (Å²) in [6, 6.07) is 16.0. The Morgan fingerprint density at radius 3 is 2.66 bits per heavy atom. The monoisotopic (exact) mass is 430 g/mol. The zero-order valence-corrected chi connectivity index (χ0v) is 19.0. The molecular weight excluding hydrogens is 400 g/mol. The van der Waals surface area contributed by atoms with Crippen molar-refractivity contribution in [1.82, 2.24) is 15.1 Å². The Labute approximate surface area is 189 Å². The van der Waals surface area contributed by atoms with Gasteiger partial charge in [0, 0.05) is 31.4 Å². The van der Waals surface area contributed by atoms with Crippen molar-refractivity contribution in [1.29, 1.82) is 0 Å². The molecule has 0 spiro atoms. The number of carbonyl (C=O) groups is 2. The first-order valence-corrected chi connectivity index (χ1v) is 11.2. The minimum atomic E-state index is -0.301. The van der Waals surface area contributed by atoms with Crippen molar-refractivity contribution in [3.63, 3.8) is 0 Å². The van der Waals surface area contributed by atoms with Crippen LogP contribution in [0.4, 0.5) is 5.69 Å². The van der Waals surface area contributed by atoms with Gasteiger partial charge in [-0.05, 0) is 68.5 Å². The summed E-state index contributed by atoms with van der Waals surface area (Å²) in [5.41, 5.74) is 6.37. The summed E-state index contributed by atoms with van der Waals surface area (Å²) in [6.07, 6.45) is 4.00. The van der Waals surface area contributed by atoms with E-state index < -0.39 is 0 Å². The van der Waals surface area contributed by atoms with E-state index in [1.165, 1.54) is 5.56 Å². The van der Waals surface area contributed by atoms with Gasteiger partial charge in [-0.1, -0.05) is 30.3 Å². The molecule has 2 aromatic carbocycles. The number of hydrogen-bond donors (Lipinski definition) is 1. The van der Waals surface area contributed by atoms with E-state index >= 15 is 0 Å². The summed E-state index contributed by atoms with van der Waals surface area (Å²) in [4.78, 5) is 27.0. The minimum absolute atomic E-state index is 0.0165. The van der Waals surface area contributed by atoms with Crippen LogP contribution in [0, 0.1) is 26.7 Å². The number of nitrogens with zero attached hydrogens (tertiary/aromatic N) is 3. The summed E-state index contributed by atoms with van der Waals surface area (Å²) in [7, 11) is 0. The number of aryl methyl sites for hydroxylation is 3. The molecule has 1 aliphatic heterocycles. The molecular formula is C26H30N4O2. The van der Waals surface area contributed by atoms with Gasteiger partial charge in [0.15, 0.2) is 0 Å². The van der Waals surface area contributed by atoms with Crippen LogP contribution in [0.1, 0.15) is 35.2 Å². The average Bonchev–Trinajstić information content (AvgIpc) is 3.36. The SMILES string of the molecule is Cc1cccc(N2CC(C(=O)NCCCc3cn(-c4ccccc4)nc3C)CC2=O)c1C. The lowest BCUT2D eigenvalue weighted by Gasteiger charge is -2.20. The van der Waals surface area contributed by atoms with E-state index in [9.17, 15) is 9.59 Å². The van der Waals surface area contributed by atoms with Crippen LogP contribution in [-0.2, 0) is 16.0 Å². The van der Waals surface area contributed by atoms with Crippen LogP contribution in [0.3, 0.4) is 0 Å². The maximum Gasteiger partial charge on any atom is 0.227 e. The molecule has 0 bridgehead atoms. The number of aromatic nitrogens is 2. The molecule has 6 heteroatoms. The first kappa shape index (κ1) is 21.8. The van der Waals surface area contributed by atoms with Crippen LogP contribution in [0.5, 0.6) is 0 Å². The number of hydrogen-bond acceptors (Lipinski definition) is 3. The van der Waals surface area contributed by atoms with Gasteiger partial charge in [0.05, 0.1) is 17.3 Å². The van der Waals surface area contributed by atoms with Crippen molar-refractivity contribution < 1.29 is 9.59 Å². The predicted octanol–water partition coefficient (Wildman–Crippen LogP) is 3.90. The molecule has 1 N–H and O–H groups in total. The number of anilines is 1. The second-order valence-corrected chi connectivity index (χ2v) is 8.54. The molecule has 0 radical (unpaired) electrons. The summed E-state index contributed by atoms with van der Waals surface area (Å²) < 4.78 is 1.90. The molecule has 6 nitrogen and oxygen atoms in total. The summed E-state index contributed by atoms with van der Waals surface area (Å²) in [6.45, 7) is 7.10. The van der Waals surface area contributed by atoms with E-state index in [-0.39, 0.29) is 24.2 Å². The molecule has 2 amide bonds. The molecule has 32 heavy (non-hydrogen) atoms. The molecule has 1 aromatic heterocycles. The number of carbonyl (C=O) groups excluding carboxylic acids is 2. The Balaban J connectivity index is 1.28. The normalized spacial score (nSPS) is 15.9. The largest absolute Gasteiger partial charge is 0.356 e. The lowest BCUT2D eigenvalue weighted by Crippen LogP contribution is -2.33. The number of rotatable bonds is 7. The molecule has 2 heterocycles. The van der Waals surface area contributed by atoms with E-state index in [0.29, 0.717) is 13.1 Å². The molecule has 1 unspecified atom stereocenters. The maximum absolute atomic E-state index is 12.7. The lowest BCUT2D eigenvalue weighted by molar-refractivity contribution is -0.126.